The molecule has 2 amide bonds. The molecule has 6 nitrogen and oxygen atoms in total. The number of amides is 2. The van der Waals surface area contributed by atoms with E-state index in [1.807, 2.05) is 18.4 Å². The van der Waals surface area contributed by atoms with Gasteiger partial charge >= 0.3 is 0 Å². The number of thiophene rings is 1. The van der Waals surface area contributed by atoms with Crippen LogP contribution in [0.5, 0.6) is 0 Å². The maximum atomic E-state index is 12.9. The van der Waals surface area contributed by atoms with Gasteiger partial charge in [0.15, 0.2) is 5.84 Å². The Bertz CT molecular complexity index is 867. The average molecular weight is 406 g/mol. The van der Waals surface area contributed by atoms with Crippen molar-refractivity contribution in [1.82, 2.24) is 10.2 Å². The molecule has 3 rings (SSSR count). The van der Waals surface area contributed by atoms with Crippen LogP contribution in [0.4, 0.5) is 0 Å². The van der Waals surface area contributed by atoms with Crippen LogP contribution in [0.15, 0.2) is 40.9 Å². The molecule has 0 bridgehead atoms. The lowest BCUT2D eigenvalue weighted by Gasteiger charge is -2.32. The molecule has 1 aliphatic rings. The molecule has 142 valence electrons. The number of oxime groups is 1. The monoisotopic (exact) mass is 405 g/mol. The van der Waals surface area contributed by atoms with Gasteiger partial charge in [-0.2, -0.15) is 0 Å². The second-order valence-corrected chi connectivity index (χ2v) is 7.77. The molecule has 1 atom stereocenters. The van der Waals surface area contributed by atoms with E-state index in [2.05, 4.69) is 10.5 Å². The first-order valence-corrected chi connectivity index (χ1v) is 9.88. The first kappa shape index (κ1) is 19.4. The molecular weight excluding hydrogens is 386 g/mol. The van der Waals surface area contributed by atoms with Crippen molar-refractivity contribution in [1.29, 1.82) is 0 Å². The van der Waals surface area contributed by atoms with Crippen molar-refractivity contribution in [3.63, 3.8) is 0 Å². The zero-order valence-corrected chi connectivity index (χ0v) is 16.4. The zero-order chi connectivity index (χ0) is 19.4. The van der Waals surface area contributed by atoms with Crippen LogP contribution in [0.1, 0.15) is 33.6 Å². The summed E-state index contributed by atoms with van der Waals surface area (Å²) in [5.41, 5.74) is 1.29. The van der Waals surface area contributed by atoms with Crippen molar-refractivity contribution >= 4 is 40.6 Å². The highest BCUT2D eigenvalue weighted by molar-refractivity contribution is 7.12. The number of nitrogens with zero attached hydrogens (tertiary/aromatic N) is 2. The van der Waals surface area contributed by atoms with E-state index in [9.17, 15) is 14.8 Å². The maximum Gasteiger partial charge on any atom is 0.254 e. The third kappa shape index (κ3) is 4.31. The van der Waals surface area contributed by atoms with Gasteiger partial charge in [0, 0.05) is 23.7 Å². The van der Waals surface area contributed by atoms with E-state index >= 15 is 0 Å². The summed E-state index contributed by atoms with van der Waals surface area (Å²) in [4.78, 5) is 27.9. The molecule has 1 aromatic carbocycles. The fourth-order valence-corrected chi connectivity index (χ4v) is 3.99. The van der Waals surface area contributed by atoms with E-state index in [-0.39, 0.29) is 23.6 Å². The van der Waals surface area contributed by atoms with Gasteiger partial charge in [-0.25, -0.2) is 0 Å². The number of nitrogens with one attached hydrogen (secondary N) is 1. The molecule has 0 aliphatic carbocycles. The minimum atomic E-state index is -0.362. The van der Waals surface area contributed by atoms with Gasteiger partial charge in [-0.1, -0.05) is 28.9 Å². The van der Waals surface area contributed by atoms with Crippen molar-refractivity contribution in [2.75, 3.05) is 13.1 Å². The number of hydrogen-bond acceptors (Lipinski definition) is 5. The first-order chi connectivity index (χ1) is 13.0. The predicted octanol–water partition coefficient (Wildman–Crippen LogP) is 3.51. The lowest BCUT2D eigenvalue weighted by Crippen LogP contribution is -2.46. The third-order valence-electron chi connectivity index (χ3n) is 4.67. The normalized spacial score (nSPS) is 17.6. The summed E-state index contributed by atoms with van der Waals surface area (Å²) < 4.78 is 0. The van der Waals surface area contributed by atoms with Gasteiger partial charge in [0.1, 0.15) is 0 Å². The Morgan fingerprint density at radius 1 is 1.33 bits per heavy atom. The molecule has 1 aromatic heterocycles. The van der Waals surface area contributed by atoms with Gasteiger partial charge in [-0.15, -0.1) is 11.3 Å². The Kier molecular flexibility index (Phi) is 6.13. The third-order valence-corrected chi connectivity index (χ3v) is 5.96. The van der Waals surface area contributed by atoms with E-state index < -0.39 is 0 Å². The number of benzene rings is 1. The molecule has 0 radical (unpaired) electrons. The number of hydrogen-bond donors (Lipinski definition) is 2. The predicted molar refractivity (Wildman–Crippen MR) is 106 cm³/mol. The standard InChI is InChI=1S/C19H20ClN3O3S/c1-12-14(6-2-7-15(12)20)19(25)23-9-3-5-13(11-23)18(24)21-17(22-26)16-8-4-10-27-16/h2,4,6-8,10,13,26H,3,5,9,11H2,1H3,(H,21,22,24)/t13-/m0/s1. The molecule has 2 N–H and O–H groups in total. The fourth-order valence-electron chi connectivity index (χ4n) is 3.15. The molecule has 8 heteroatoms. The van der Waals surface area contributed by atoms with Crippen molar-refractivity contribution in [2.24, 2.45) is 11.1 Å². The molecular formula is C19H20ClN3O3S. The van der Waals surface area contributed by atoms with Gasteiger partial charge < -0.3 is 15.4 Å². The van der Waals surface area contributed by atoms with E-state index in [1.165, 1.54) is 11.3 Å². The highest BCUT2D eigenvalue weighted by Gasteiger charge is 2.30. The Labute approximate surface area is 166 Å². The van der Waals surface area contributed by atoms with Gasteiger partial charge in [0.2, 0.25) is 5.91 Å². The lowest BCUT2D eigenvalue weighted by atomic mass is 9.96. The summed E-state index contributed by atoms with van der Waals surface area (Å²) in [6, 6.07) is 8.83. The number of amidine groups is 1. The van der Waals surface area contributed by atoms with Crippen LogP contribution in [-0.2, 0) is 4.79 Å². The smallest absolute Gasteiger partial charge is 0.254 e. The van der Waals surface area contributed by atoms with Crippen LogP contribution in [0.25, 0.3) is 0 Å². The summed E-state index contributed by atoms with van der Waals surface area (Å²) in [5, 5.41) is 17.4. The van der Waals surface area contributed by atoms with Gasteiger partial charge in [0.25, 0.3) is 5.91 Å². The Hall–Kier alpha value is -2.38. The summed E-state index contributed by atoms with van der Waals surface area (Å²) in [7, 11) is 0. The Morgan fingerprint density at radius 2 is 2.15 bits per heavy atom. The molecule has 1 saturated heterocycles. The minimum Gasteiger partial charge on any atom is -0.409 e. The number of halogens is 1. The molecule has 2 heterocycles. The second kappa shape index (κ2) is 8.54. The van der Waals surface area contributed by atoms with Gasteiger partial charge in [0.05, 0.1) is 10.8 Å². The summed E-state index contributed by atoms with van der Waals surface area (Å²) in [6.07, 6.45) is 1.40. The molecule has 1 fully saturated rings. The van der Waals surface area contributed by atoms with E-state index in [1.54, 1.807) is 29.2 Å². The topological polar surface area (TPSA) is 82.0 Å². The van der Waals surface area contributed by atoms with Crippen LogP contribution in [0, 0.1) is 12.8 Å². The average Bonchev–Trinajstić information content (AvgIpc) is 3.22. The number of likely N-dealkylation sites (tertiary alicyclic amines) is 1. The number of piperidine rings is 1. The molecule has 27 heavy (non-hydrogen) atoms. The lowest BCUT2D eigenvalue weighted by molar-refractivity contribution is -0.124. The summed E-state index contributed by atoms with van der Waals surface area (Å²) >= 11 is 7.49. The molecule has 0 saturated carbocycles. The van der Waals surface area contributed by atoms with Crippen molar-refractivity contribution in [3.05, 3.63) is 56.7 Å². The van der Waals surface area contributed by atoms with Crippen LogP contribution in [0.2, 0.25) is 5.02 Å². The first-order valence-electron chi connectivity index (χ1n) is 8.62. The highest BCUT2D eigenvalue weighted by Crippen LogP contribution is 2.23. The van der Waals surface area contributed by atoms with Crippen LogP contribution < -0.4 is 5.32 Å². The molecule has 0 unspecified atom stereocenters. The fraction of sp³-hybridized carbons (Fsp3) is 0.316. The molecule has 0 spiro atoms. The Balaban J connectivity index is 1.69. The SMILES string of the molecule is Cc1c(Cl)cccc1C(=O)N1CCC[C@H](C(=O)N/C(=N\O)c2cccs2)C1. The number of rotatable bonds is 3. The zero-order valence-electron chi connectivity index (χ0n) is 14.8. The highest BCUT2D eigenvalue weighted by atomic mass is 35.5. The largest absolute Gasteiger partial charge is 0.409 e. The van der Waals surface area contributed by atoms with Crippen molar-refractivity contribution < 1.29 is 14.8 Å². The van der Waals surface area contributed by atoms with Crippen molar-refractivity contribution in [2.45, 2.75) is 19.8 Å². The Morgan fingerprint density at radius 3 is 2.85 bits per heavy atom. The van der Waals surface area contributed by atoms with E-state index in [0.29, 0.717) is 35.0 Å². The van der Waals surface area contributed by atoms with Crippen molar-refractivity contribution in [3.8, 4) is 0 Å². The van der Waals surface area contributed by atoms with Crippen LogP contribution >= 0.6 is 22.9 Å². The quantitative estimate of drug-likeness (QED) is 0.355. The van der Waals surface area contributed by atoms with Crippen LogP contribution in [-0.4, -0.2) is 40.8 Å². The maximum absolute atomic E-state index is 12.9. The van der Waals surface area contributed by atoms with Crippen LogP contribution in [0.3, 0.4) is 0 Å². The number of carbonyl (C=O) groups is 2. The number of carbonyl (C=O) groups excluding carboxylic acids is 2. The molecule has 2 aromatic rings. The summed E-state index contributed by atoms with van der Waals surface area (Å²) in [6.45, 7) is 2.73. The van der Waals surface area contributed by atoms with Gasteiger partial charge in [-0.05, 0) is 48.9 Å². The molecule has 1 aliphatic heterocycles. The van der Waals surface area contributed by atoms with E-state index in [4.69, 9.17) is 11.6 Å². The van der Waals surface area contributed by atoms with E-state index in [0.717, 1.165) is 12.0 Å². The minimum absolute atomic E-state index is 0.123. The second-order valence-electron chi connectivity index (χ2n) is 6.42. The van der Waals surface area contributed by atoms with Gasteiger partial charge in [-0.3, -0.25) is 9.59 Å². The summed E-state index contributed by atoms with van der Waals surface area (Å²) in [5.74, 6) is -0.610.